The Labute approximate surface area is 220 Å². The van der Waals surface area contributed by atoms with Gasteiger partial charge >= 0.3 is 6.09 Å². The fraction of sp³-hybridized carbons (Fsp3) is 0.321. The van der Waals surface area contributed by atoms with E-state index in [1.807, 2.05) is 25.1 Å². The molecule has 2 saturated heterocycles. The number of hydrogen-bond donors (Lipinski definition) is 0. The number of nitrogens with zero attached hydrogens (tertiary/aromatic N) is 3. The average molecular weight is 534 g/mol. The van der Waals surface area contributed by atoms with Crippen LogP contribution in [0.1, 0.15) is 36.8 Å². The van der Waals surface area contributed by atoms with E-state index in [2.05, 4.69) is 0 Å². The number of anilines is 2. The summed E-state index contributed by atoms with van der Waals surface area (Å²) in [6.07, 6.45) is 0.831. The zero-order valence-electron chi connectivity index (χ0n) is 20.9. The first-order chi connectivity index (χ1) is 18.3. The molecule has 3 aliphatic rings. The second kappa shape index (κ2) is 9.21. The summed E-state index contributed by atoms with van der Waals surface area (Å²) < 4.78 is 34.5. The highest BCUT2D eigenvalue weighted by molar-refractivity contribution is 7.89. The molecule has 0 N–H and O–H groups in total. The number of benzene rings is 3. The Morgan fingerprint density at radius 3 is 2.24 bits per heavy atom. The van der Waals surface area contributed by atoms with Crippen molar-refractivity contribution in [1.82, 2.24) is 4.31 Å². The van der Waals surface area contributed by atoms with Gasteiger partial charge in [-0.3, -0.25) is 14.5 Å². The van der Waals surface area contributed by atoms with Crippen LogP contribution in [0.25, 0.3) is 10.8 Å². The van der Waals surface area contributed by atoms with E-state index in [1.54, 1.807) is 41.3 Å². The average Bonchev–Trinajstić information content (AvgIpc) is 3.25. The monoisotopic (exact) mass is 533 g/mol. The minimum atomic E-state index is -3.88. The molecule has 196 valence electrons. The number of carbonyl (C=O) groups excluding carboxylic acids is 3. The lowest BCUT2D eigenvalue weighted by atomic mass is 10.00. The van der Waals surface area contributed by atoms with E-state index < -0.39 is 16.1 Å². The molecular formula is C28H27N3O6S. The van der Waals surface area contributed by atoms with Gasteiger partial charge < -0.3 is 4.74 Å². The molecule has 10 heteroatoms. The van der Waals surface area contributed by atoms with Crippen molar-refractivity contribution < 1.29 is 27.5 Å². The summed E-state index contributed by atoms with van der Waals surface area (Å²) in [5.41, 5.74) is 3.19. The molecule has 6 rings (SSSR count). The molecule has 0 radical (unpaired) electrons. The van der Waals surface area contributed by atoms with Crippen LogP contribution in [0.2, 0.25) is 0 Å². The first-order valence-corrected chi connectivity index (χ1v) is 14.1. The van der Waals surface area contributed by atoms with Gasteiger partial charge in [-0.1, -0.05) is 42.5 Å². The summed E-state index contributed by atoms with van der Waals surface area (Å²) in [7, 11) is -3.88. The highest BCUT2D eigenvalue weighted by atomic mass is 32.2. The second-order valence-electron chi connectivity index (χ2n) is 9.89. The molecule has 9 nitrogen and oxygen atoms in total. The van der Waals surface area contributed by atoms with Crippen molar-refractivity contribution >= 4 is 50.1 Å². The van der Waals surface area contributed by atoms with E-state index in [4.69, 9.17) is 4.74 Å². The predicted octanol–water partition coefficient (Wildman–Crippen LogP) is 4.11. The molecule has 3 aromatic rings. The molecule has 0 spiro atoms. The lowest BCUT2D eigenvalue weighted by Crippen LogP contribution is -2.50. The van der Waals surface area contributed by atoms with Gasteiger partial charge in [-0.15, -0.1) is 0 Å². The fourth-order valence-corrected chi connectivity index (χ4v) is 7.50. The summed E-state index contributed by atoms with van der Waals surface area (Å²) >= 11 is 0. The molecule has 0 unspecified atom stereocenters. The van der Waals surface area contributed by atoms with E-state index in [1.165, 1.54) is 4.31 Å². The van der Waals surface area contributed by atoms with E-state index in [9.17, 15) is 22.8 Å². The number of fused-ring (bicyclic) bond motifs is 2. The third-order valence-electron chi connectivity index (χ3n) is 7.67. The Bertz CT molecular complexity index is 1580. The molecule has 0 atom stereocenters. The van der Waals surface area contributed by atoms with Gasteiger partial charge in [0.1, 0.15) is 6.61 Å². The van der Waals surface area contributed by atoms with Crippen LogP contribution in [0.15, 0.2) is 59.5 Å². The summed E-state index contributed by atoms with van der Waals surface area (Å²) in [5.74, 6) is -0.572. The van der Waals surface area contributed by atoms with Gasteiger partial charge in [0.25, 0.3) is 0 Å². The van der Waals surface area contributed by atoms with Gasteiger partial charge in [0.05, 0.1) is 16.3 Å². The zero-order valence-corrected chi connectivity index (χ0v) is 21.7. The van der Waals surface area contributed by atoms with Crippen LogP contribution >= 0.6 is 0 Å². The maximum absolute atomic E-state index is 13.8. The van der Waals surface area contributed by atoms with Crippen molar-refractivity contribution in [3.05, 3.63) is 65.7 Å². The van der Waals surface area contributed by atoms with E-state index in [-0.39, 0.29) is 55.3 Å². The van der Waals surface area contributed by atoms with E-state index in [0.717, 1.165) is 21.7 Å². The number of piperidine rings is 1. The van der Waals surface area contributed by atoms with Crippen molar-refractivity contribution in [2.24, 2.45) is 0 Å². The van der Waals surface area contributed by atoms with Crippen LogP contribution < -0.4 is 9.80 Å². The fourth-order valence-electron chi connectivity index (χ4n) is 5.82. The minimum absolute atomic E-state index is 0.132. The number of cyclic esters (lactones) is 1. The summed E-state index contributed by atoms with van der Waals surface area (Å²) in [4.78, 5) is 40.5. The maximum atomic E-state index is 13.8. The maximum Gasteiger partial charge on any atom is 0.414 e. The largest absolute Gasteiger partial charge is 0.444 e. The highest BCUT2D eigenvalue weighted by Crippen LogP contribution is 2.37. The first-order valence-electron chi connectivity index (χ1n) is 12.7. The van der Waals surface area contributed by atoms with Crippen LogP contribution in [0.5, 0.6) is 0 Å². The van der Waals surface area contributed by atoms with Gasteiger partial charge in [-0.05, 0) is 37.5 Å². The number of aryl methyl sites for hydroxylation is 1. The van der Waals surface area contributed by atoms with Gasteiger partial charge in [0.2, 0.25) is 21.8 Å². The molecule has 3 aromatic carbocycles. The quantitative estimate of drug-likeness (QED) is 0.468. The molecule has 0 aliphatic carbocycles. The topological polar surface area (TPSA) is 104 Å². The van der Waals surface area contributed by atoms with E-state index in [0.29, 0.717) is 29.3 Å². The Kier molecular flexibility index (Phi) is 5.96. The van der Waals surface area contributed by atoms with Crippen LogP contribution in [-0.2, 0) is 31.0 Å². The van der Waals surface area contributed by atoms with Crippen LogP contribution in [0.3, 0.4) is 0 Å². The Hall–Kier alpha value is -3.76. The second-order valence-corrected chi connectivity index (χ2v) is 11.8. The van der Waals surface area contributed by atoms with Crippen molar-refractivity contribution in [3.8, 4) is 0 Å². The smallest absolute Gasteiger partial charge is 0.414 e. The van der Waals surface area contributed by atoms with Gasteiger partial charge in [0.15, 0.2) is 0 Å². The summed E-state index contributed by atoms with van der Waals surface area (Å²) in [6, 6.07) is 15.6. The normalized spacial score (nSPS) is 19.2. The Balaban J connectivity index is 1.29. The summed E-state index contributed by atoms with van der Waals surface area (Å²) in [6.45, 7) is 2.69. The molecule has 38 heavy (non-hydrogen) atoms. The molecule has 2 fully saturated rings. The highest BCUT2D eigenvalue weighted by Gasteiger charge is 2.38. The number of hydrogen-bond acceptors (Lipinski definition) is 6. The summed E-state index contributed by atoms with van der Waals surface area (Å²) in [5, 5.41) is 0.999. The SMILES string of the molecule is Cc1cccc2c1N(C1CCN(S(=O)(=O)c3cccc4c(N5C(=O)CCC5=O)cccc34)CC1)C(=O)OC2. The molecule has 3 amide bonds. The minimum Gasteiger partial charge on any atom is -0.444 e. The number of sulfonamides is 1. The number of para-hydroxylation sites is 1. The van der Waals surface area contributed by atoms with Crippen molar-refractivity contribution in [2.75, 3.05) is 22.9 Å². The van der Waals surface area contributed by atoms with Crippen molar-refractivity contribution in [1.29, 1.82) is 0 Å². The molecule has 3 heterocycles. The van der Waals surface area contributed by atoms with Crippen LogP contribution in [0, 0.1) is 6.92 Å². The molecule has 0 bridgehead atoms. The van der Waals surface area contributed by atoms with E-state index >= 15 is 0 Å². The Morgan fingerprint density at radius 2 is 1.50 bits per heavy atom. The van der Waals surface area contributed by atoms with Crippen LogP contribution in [-0.4, -0.2) is 49.8 Å². The van der Waals surface area contributed by atoms with Crippen LogP contribution in [0.4, 0.5) is 16.2 Å². The number of rotatable bonds is 4. The molecule has 0 aromatic heterocycles. The van der Waals surface area contributed by atoms with Gasteiger partial charge in [-0.25, -0.2) is 18.1 Å². The lowest BCUT2D eigenvalue weighted by molar-refractivity contribution is -0.121. The van der Waals surface area contributed by atoms with Gasteiger partial charge in [-0.2, -0.15) is 4.31 Å². The third-order valence-corrected chi connectivity index (χ3v) is 9.62. The Morgan fingerprint density at radius 1 is 0.842 bits per heavy atom. The lowest BCUT2D eigenvalue weighted by Gasteiger charge is -2.40. The zero-order chi connectivity index (χ0) is 26.6. The third kappa shape index (κ3) is 3.86. The molecule has 3 aliphatic heterocycles. The molecular weight excluding hydrogens is 506 g/mol. The van der Waals surface area contributed by atoms with Crippen molar-refractivity contribution in [3.63, 3.8) is 0 Å². The predicted molar refractivity (Wildman–Crippen MR) is 141 cm³/mol. The van der Waals surface area contributed by atoms with Gasteiger partial charge in [0, 0.05) is 48.3 Å². The number of imide groups is 1. The standard InChI is InChI=1S/C28H27N3O6S/c1-18-5-2-6-19-17-37-28(34)30(27(18)19)20-13-15-29(16-14-20)38(35,36)24-10-4-7-21-22(24)8-3-9-23(21)31-25(32)11-12-26(31)33/h2-10,20H,11-17H2,1H3. The first kappa shape index (κ1) is 24.6. The molecule has 0 saturated carbocycles. The number of carbonyl (C=O) groups is 3. The number of amides is 3. The van der Waals surface area contributed by atoms with Crippen molar-refractivity contribution in [2.45, 2.75) is 50.2 Å². The number of ether oxygens (including phenoxy) is 1.